The van der Waals surface area contributed by atoms with Crippen LogP contribution in [-0.2, 0) is 16.0 Å². The van der Waals surface area contributed by atoms with Gasteiger partial charge in [-0.2, -0.15) is 0 Å². The van der Waals surface area contributed by atoms with Gasteiger partial charge in [0.15, 0.2) is 11.6 Å². The SMILES string of the molecule is CC(C)(C)C(=O)C1(C(=O)Cc2ccccc2)CC1. The van der Waals surface area contributed by atoms with Crippen molar-refractivity contribution in [2.45, 2.75) is 40.0 Å². The summed E-state index contributed by atoms with van der Waals surface area (Å²) in [5.41, 5.74) is -0.104. The maximum Gasteiger partial charge on any atom is 0.151 e. The molecule has 2 nitrogen and oxygen atoms in total. The van der Waals surface area contributed by atoms with Gasteiger partial charge in [-0.3, -0.25) is 9.59 Å². The first kappa shape index (κ1) is 13.0. The van der Waals surface area contributed by atoms with Gasteiger partial charge in [0.1, 0.15) is 0 Å². The summed E-state index contributed by atoms with van der Waals surface area (Å²) >= 11 is 0. The molecule has 1 aromatic rings. The Hall–Kier alpha value is -1.44. The van der Waals surface area contributed by atoms with Crippen LogP contribution in [0.1, 0.15) is 39.2 Å². The Labute approximate surface area is 108 Å². The number of rotatable bonds is 4. The number of hydrogen-bond acceptors (Lipinski definition) is 2. The van der Waals surface area contributed by atoms with Gasteiger partial charge in [-0.15, -0.1) is 0 Å². The fourth-order valence-electron chi connectivity index (χ4n) is 2.43. The molecule has 1 aromatic carbocycles. The standard InChI is InChI=1S/C16H20O2/c1-15(2,3)14(18)16(9-10-16)13(17)11-12-7-5-4-6-8-12/h4-8H,9-11H2,1-3H3. The molecule has 0 aromatic heterocycles. The summed E-state index contributed by atoms with van der Waals surface area (Å²) < 4.78 is 0. The number of carbonyl (C=O) groups is 2. The molecule has 1 aliphatic carbocycles. The van der Waals surface area contributed by atoms with E-state index in [0.717, 1.165) is 18.4 Å². The van der Waals surface area contributed by atoms with E-state index in [4.69, 9.17) is 0 Å². The van der Waals surface area contributed by atoms with Gasteiger partial charge in [-0.05, 0) is 18.4 Å². The molecule has 2 heteroatoms. The molecule has 0 saturated heterocycles. The number of carbonyl (C=O) groups excluding carboxylic acids is 2. The van der Waals surface area contributed by atoms with Gasteiger partial charge in [0, 0.05) is 11.8 Å². The normalized spacial score (nSPS) is 17.3. The molecule has 2 rings (SSSR count). The highest BCUT2D eigenvalue weighted by molar-refractivity contribution is 6.12. The fraction of sp³-hybridized carbons (Fsp3) is 0.500. The van der Waals surface area contributed by atoms with Gasteiger partial charge in [0.2, 0.25) is 0 Å². The van der Waals surface area contributed by atoms with Crippen molar-refractivity contribution in [1.82, 2.24) is 0 Å². The average molecular weight is 244 g/mol. The van der Waals surface area contributed by atoms with Crippen molar-refractivity contribution in [2.24, 2.45) is 10.8 Å². The molecule has 0 amide bonds. The van der Waals surface area contributed by atoms with Gasteiger partial charge >= 0.3 is 0 Å². The lowest BCUT2D eigenvalue weighted by Crippen LogP contribution is -2.36. The second-order valence-electron chi connectivity index (χ2n) is 6.25. The Balaban J connectivity index is 2.13. The van der Waals surface area contributed by atoms with E-state index in [9.17, 15) is 9.59 Å². The second kappa shape index (κ2) is 4.34. The van der Waals surface area contributed by atoms with Crippen LogP contribution in [-0.4, -0.2) is 11.6 Å². The van der Waals surface area contributed by atoms with Crippen LogP contribution in [0.15, 0.2) is 30.3 Å². The van der Waals surface area contributed by atoms with Crippen molar-refractivity contribution in [3.63, 3.8) is 0 Å². The largest absolute Gasteiger partial charge is 0.298 e. The van der Waals surface area contributed by atoms with E-state index in [1.54, 1.807) is 0 Å². The molecule has 1 saturated carbocycles. The van der Waals surface area contributed by atoms with Crippen LogP contribution in [0.25, 0.3) is 0 Å². The van der Waals surface area contributed by atoms with Gasteiger partial charge in [-0.25, -0.2) is 0 Å². The number of benzene rings is 1. The summed E-state index contributed by atoms with van der Waals surface area (Å²) in [4.78, 5) is 24.7. The van der Waals surface area contributed by atoms with E-state index in [0.29, 0.717) is 6.42 Å². The third-order valence-corrected chi connectivity index (χ3v) is 3.61. The van der Waals surface area contributed by atoms with E-state index >= 15 is 0 Å². The van der Waals surface area contributed by atoms with Gasteiger partial charge in [-0.1, -0.05) is 51.1 Å². The third-order valence-electron chi connectivity index (χ3n) is 3.61. The minimum Gasteiger partial charge on any atom is -0.298 e. The van der Waals surface area contributed by atoms with Crippen LogP contribution >= 0.6 is 0 Å². The highest BCUT2D eigenvalue weighted by Crippen LogP contribution is 2.51. The van der Waals surface area contributed by atoms with Crippen molar-refractivity contribution in [1.29, 1.82) is 0 Å². The Kier molecular flexibility index (Phi) is 3.14. The molecule has 1 aliphatic rings. The monoisotopic (exact) mass is 244 g/mol. The van der Waals surface area contributed by atoms with Crippen molar-refractivity contribution < 1.29 is 9.59 Å². The van der Waals surface area contributed by atoms with E-state index < -0.39 is 10.8 Å². The summed E-state index contributed by atoms with van der Waals surface area (Å²) in [6.07, 6.45) is 1.84. The lowest BCUT2D eigenvalue weighted by Gasteiger charge is -2.23. The molecule has 0 unspecified atom stereocenters. The smallest absolute Gasteiger partial charge is 0.151 e. The Morgan fingerprint density at radius 3 is 2.11 bits per heavy atom. The first-order chi connectivity index (χ1) is 8.36. The summed E-state index contributed by atoms with van der Waals surface area (Å²) in [6.45, 7) is 5.68. The molecular weight excluding hydrogens is 224 g/mol. The van der Waals surface area contributed by atoms with Crippen LogP contribution in [0.2, 0.25) is 0 Å². The predicted octanol–water partition coefficient (Wildman–Crippen LogP) is 3.19. The minimum atomic E-state index is -0.673. The highest BCUT2D eigenvalue weighted by Gasteiger charge is 2.57. The Bertz CT molecular complexity index is 462. The van der Waals surface area contributed by atoms with E-state index in [1.165, 1.54) is 0 Å². The second-order valence-corrected chi connectivity index (χ2v) is 6.25. The summed E-state index contributed by atoms with van der Waals surface area (Å²) in [7, 11) is 0. The maximum atomic E-state index is 12.4. The van der Waals surface area contributed by atoms with Gasteiger partial charge < -0.3 is 0 Å². The maximum absolute atomic E-state index is 12.4. The molecule has 0 heterocycles. The molecule has 96 valence electrons. The lowest BCUT2D eigenvalue weighted by molar-refractivity contribution is -0.139. The predicted molar refractivity (Wildman–Crippen MR) is 71.3 cm³/mol. The third kappa shape index (κ3) is 2.38. The van der Waals surface area contributed by atoms with Crippen LogP contribution in [0.5, 0.6) is 0 Å². The van der Waals surface area contributed by atoms with Gasteiger partial charge in [0.05, 0.1) is 5.41 Å². The van der Waals surface area contributed by atoms with Crippen LogP contribution < -0.4 is 0 Å². The average Bonchev–Trinajstić information content (AvgIpc) is 3.09. The number of Topliss-reactive ketones (excluding diaryl/α,β-unsaturated/α-hetero) is 2. The molecule has 0 N–H and O–H groups in total. The zero-order chi connectivity index (χ0) is 13.4. The van der Waals surface area contributed by atoms with E-state index in [2.05, 4.69) is 0 Å². The highest BCUT2D eigenvalue weighted by atomic mass is 16.2. The Morgan fingerprint density at radius 2 is 1.67 bits per heavy atom. The van der Waals surface area contributed by atoms with Crippen LogP contribution in [0.3, 0.4) is 0 Å². The van der Waals surface area contributed by atoms with E-state index in [-0.39, 0.29) is 11.6 Å². The molecule has 0 atom stereocenters. The van der Waals surface area contributed by atoms with Gasteiger partial charge in [0.25, 0.3) is 0 Å². The van der Waals surface area contributed by atoms with Crippen LogP contribution in [0.4, 0.5) is 0 Å². The number of ketones is 2. The molecule has 1 fully saturated rings. The van der Waals surface area contributed by atoms with Crippen molar-refractivity contribution >= 4 is 11.6 Å². The molecular formula is C16H20O2. The first-order valence-electron chi connectivity index (χ1n) is 6.48. The molecule has 0 aliphatic heterocycles. The molecule has 0 bridgehead atoms. The molecule has 18 heavy (non-hydrogen) atoms. The zero-order valence-electron chi connectivity index (χ0n) is 11.3. The Morgan fingerprint density at radius 1 is 1.11 bits per heavy atom. The van der Waals surface area contributed by atoms with Crippen molar-refractivity contribution in [3.05, 3.63) is 35.9 Å². The lowest BCUT2D eigenvalue weighted by atomic mass is 9.78. The summed E-state index contributed by atoms with van der Waals surface area (Å²) in [5.74, 6) is 0.199. The number of hydrogen-bond donors (Lipinski definition) is 0. The quantitative estimate of drug-likeness (QED) is 0.762. The van der Waals surface area contributed by atoms with Crippen molar-refractivity contribution in [3.8, 4) is 0 Å². The summed E-state index contributed by atoms with van der Waals surface area (Å²) in [5, 5.41) is 0. The zero-order valence-corrected chi connectivity index (χ0v) is 11.3. The topological polar surface area (TPSA) is 34.1 Å². The van der Waals surface area contributed by atoms with Crippen molar-refractivity contribution in [2.75, 3.05) is 0 Å². The minimum absolute atomic E-state index is 0.0913. The molecule has 0 radical (unpaired) electrons. The summed E-state index contributed by atoms with van der Waals surface area (Å²) in [6, 6.07) is 9.66. The molecule has 0 spiro atoms. The fourth-order valence-corrected chi connectivity index (χ4v) is 2.43. The van der Waals surface area contributed by atoms with E-state index in [1.807, 2.05) is 51.1 Å². The first-order valence-corrected chi connectivity index (χ1v) is 6.48. The van der Waals surface area contributed by atoms with Crippen LogP contribution in [0, 0.1) is 10.8 Å².